The maximum atomic E-state index is 10.6. The van der Waals surface area contributed by atoms with Gasteiger partial charge in [-0.05, 0) is 6.42 Å². The van der Waals surface area contributed by atoms with Crippen LogP contribution in [0.3, 0.4) is 0 Å². The molecule has 6 nitrogen and oxygen atoms in total. The van der Waals surface area contributed by atoms with E-state index in [-0.39, 0.29) is 31.7 Å². The van der Waals surface area contributed by atoms with E-state index in [1.54, 1.807) is 0 Å². The zero-order valence-electron chi connectivity index (χ0n) is 6.85. The minimum atomic E-state index is -4.68. The van der Waals surface area contributed by atoms with Crippen molar-refractivity contribution in [2.24, 2.45) is 0 Å². The molecule has 68 valence electrons. The van der Waals surface area contributed by atoms with Gasteiger partial charge in [0.15, 0.2) is 0 Å². The second-order valence-corrected chi connectivity index (χ2v) is 3.87. The molecule has 0 aromatic heterocycles. The van der Waals surface area contributed by atoms with Crippen LogP contribution in [0.2, 0.25) is 0 Å². The van der Waals surface area contributed by atoms with E-state index in [1.165, 1.54) is 0 Å². The van der Waals surface area contributed by atoms with Crippen molar-refractivity contribution in [3.8, 4) is 0 Å². The Balaban J connectivity index is 0.00000144. The van der Waals surface area contributed by atoms with E-state index in [9.17, 15) is 22.6 Å². The Morgan fingerprint density at radius 1 is 1.38 bits per heavy atom. The van der Waals surface area contributed by atoms with Gasteiger partial charge >= 0.3 is 30.8 Å². The van der Waals surface area contributed by atoms with Crippen LogP contribution in [0.25, 0.3) is 0 Å². The van der Waals surface area contributed by atoms with Gasteiger partial charge in [-0.1, -0.05) is 0 Å². The Labute approximate surface area is 86.6 Å². The Kier molecular flexibility index (Phi) is 4.12. The molecule has 1 unspecified atom stereocenters. The van der Waals surface area contributed by atoms with Crippen LogP contribution in [0.15, 0.2) is 0 Å². The van der Waals surface area contributed by atoms with Crippen molar-refractivity contribution in [3.63, 3.8) is 0 Å². The van der Waals surface area contributed by atoms with E-state index in [0.29, 0.717) is 0 Å². The molecule has 1 aliphatic heterocycles. The van der Waals surface area contributed by atoms with Gasteiger partial charge in [0.2, 0.25) is 0 Å². The predicted octanol–water partition coefficient (Wildman–Crippen LogP) is -4.23. The van der Waals surface area contributed by atoms with Crippen LogP contribution >= 0.6 is 0 Å². The Morgan fingerprint density at radius 2 is 1.92 bits per heavy atom. The molecule has 1 saturated heterocycles. The molecule has 0 amide bonds. The van der Waals surface area contributed by atoms with Gasteiger partial charge in [-0.2, -0.15) is 0 Å². The number of ether oxygens (including phenoxy) is 1. The van der Waals surface area contributed by atoms with Crippen molar-refractivity contribution in [1.82, 2.24) is 0 Å². The van der Waals surface area contributed by atoms with Gasteiger partial charge < -0.3 is 9.29 Å². The summed E-state index contributed by atoms with van der Waals surface area (Å²) < 4.78 is 35.0. The maximum absolute atomic E-state index is 10.6. The average molecular weight is 200 g/mol. The second-order valence-electron chi connectivity index (χ2n) is 2.31. The molecule has 1 aliphatic rings. The van der Waals surface area contributed by atoms with Crippen LogP contribution in [0.4, 0.5) is 0 Å². The Hall–Kier alpha value is -0.353. The summed E-state index contributed by atoms with van der Waals surface area (Å²) in [6.07, 6.45) is -0.485. The molecule has 8 heteroatoms. The van der Waals surface area contributed by atoms with Gasteiger partial charge in [-0.25, -0.2) is 8.42 Å². The molecule has 0 N–H and O–H groups in total. The monoisotopic (exact) mass is 200 g/mol. The maximum Gasteiger partial charge on any atom is 1.00 e. The van der Waals surface area contributed by atoms with Crippen molar-refractivity contribution in [2.45, 2.75) is 18.1 Å². The number of hydrogen-bond donors (Lipinski definition) is 0. The number of hydrogen-bond acceptors (Lipinski definition) is 6. The van der Waals surface area contributed by atoms with Crippen molar-refractivity contribution in [3.05, 3.63) is 0 Å². The first-order chi connectivity index (χ1) is 5.41. The minimum Gasteiger partial charge on any atom is -0.747 e. The van der Waals surface area contributed by atoms with Crippen molar-refractivity contribution in [1.29, 1.82) is 0 Å². The summed E-state index contributed by atoms with van der Waals surface area (Å²) in [7, 11) is -4.68. The molecule has 0 aromatic rings. The molecule has 13 heavy (non-hydrogen) atoms. The fourth-order valence-electron chi connectivity index (χ4n) is 0.858. The first-order valence-corrected chi connectivity index (χ1v) is 4.57. The number of rotatable bonds is 1. The van der Waals surface area contributed by atoms with Crippen molar-refractivity contribution in [2.75, 3.05) is 0 Å². The molecule has 1 heterocycles. The zero-order valence-corrected chi connectivity index (χ0v) is 7.67. The van der Waals surface area contributed by atoms with Gasteiger partial charge in [0.25, 0.3) is 0 Å². The Bertz CT molecular complexity index is 320. The first-order valence-electron chi connectivity index (χ1n) is 3.10. The molecule has 0 aromatic carbocycles. The molecule has 0 spiro atoms. The van der Waals surface area contributed by atoms with E-state index >= 15 is 0 Å². The number of carbonyl (C=O) groups excluding carboxylic acids is 2. The molecule has 1 rings (SSSR count). The molecule has 0 bridgehead atoms. The van der Waals surface area contributed by atoms with Crippen LogP contribution < -0.4 is 18.9 Å². The average Bonchev–Trinajstić information content (AvgIpc) is 1.83. The Morgan fingerprint density at radius 3 is 2.31 bits per heavy atom. The quantitative estimate of drug-likeness (QED) is 0.184. The van der Waals surface area contributed by atoms with E-state index in [4.69, 9.17) is 0 Å². The van der Waals surface area contributed by atoms with Crippen molar-refractivity contribution < 1.29 is 46.2 Å². The third-order valence-corrected chi connectivity index (χ3v) is 2.56. The smallest absolute Gasteiger partial charge is 0.747 e. The zero-order chi connectivity index (χ0) is 9.35. The number of esters is 2. The van der Waals surface area contributed by atoms with Crippen LogP contribution in [0.1, 0.15) is 12.8 Å². The van der Waals surface area contributed by atoms with Crippen LogP contribution in [-0.4, -0.2) is 30.2 Å². The summed E-state index contributed by atoms with van der Waals surface area (Å²) in [5.74, 6) is -2.05. The summed E-state index contributed by atoms with van der Waals surface area (Å²) in [5.41, 5.74) is 0. The van der Waals surface area contributed by atoms with Crippen LogP contribution in [0.5, 0.6) is 0 Å². The van der Waals surface area contributed by atoms with Gasteiger partial charge in [-0.3, -0.25) is 9.59 Å². The molecular formula is C5H5LiO6S. The standard InChI is InChI=1S/C5H6O6S.Li/c6-4-2-1-3(5(7)11-4)12(8,9)10;/h3H,1-2H2,(H,8,9,10);/q;+1/p-1. The fourth-order valence-corrected chi connectivity index (χ4v) is 1.55. The minimum absolute atomic E-state index is 0. The first kappa shape index (κ1) is 12.6. The number of carbonyl (C=O) groups is 2. The van der Waals surface area contributed by atoms with Gasteiger partial charge in [0, 0.05) is 6.42 Å². The SMILES string of the molecule is O=C1CCC(S(=O)(=O)[O-])C(=O)O1.[Li+]. The third-order valence-electron chi connectivity index (χ3n) is 1.44. The largest absolute Gasteiger partial charge is 1.00 e. The van der Waals surface area contributed by atoms with E-state index in [0.717, 1.165) is 0 Å². The van der Waals surface area contributed by atoms with Gasteiger partial charge in [0.1, 0.15) is 15.4 Å². The molecule has 0 radical (unpaired) electrons. The summed E-state index contributed by atoms with van der Waals surface area (Å²) in [5, 5.41) is -1.71. The molecule has 0 aliphatic carbocycles. The third kappa shape index (κ3) is 3.12. The predicted molar refractivity (Wildman–Crippen MR) is 33.8 cm³/mol. The van der Waals surface area contributed by atoms with Gasteiger partial charge in [0.05, 0.1) is 0 Å². The fraction of sp³-hybridized carbons (Fsp3) is 0.600. The second kappa shape index (κ2) is 4.24. The molecular weight excluding hydrogens is 195 g/mol. The summed E-state index contributed by atoms with van der Waals surface area (Å²) in [6.45, 7) is 0. The summed E-state index contributed by atoms with van der Waals surface area (Å²) in [4.78, 5) is 21.0. The van der Waals surface area contributed by atoms with Crippen LogP contribution in [0, 0.1) is 0 Å². The van der Waals surface area contributed by atoms with E-state index < -0.39 is 27.3 Å². The van der Waals surface area contributed by atoms with E-state index in [1.807, 2.05) is 0 Å². The number of cyclic esters (lactones) is 2. The molecule has 0 saturated carbocycles. The topological polar surface area (TPSA) is 101 Å². The summed E-state index contributed by atoms with van der Waals surface area (Å²) >= 11 is 0. The van der Waals surface area contributed by atoms with Gasteiger partial charge in [-0.15, -0.1) is 0 Å². The normalized spacial score (nSPS) is 23.3. The van der Waals surface area contributed by atoms with Crippen LogP contribution in [-0.2, 0) is 24.4 Å². The van der Waals surface area contributed by atoms with E-state index in [2.05, 4.69) is 4.74 Å². The van der Waals surface area contributed by atoms with Crippen molar-refractivity contribution >= 4 is 22.1 Å². The molecule has 1 fully saturated rings. The summed E-state index contributed by atoms with van der Waals surface area (Å²) in [6, 6.07) is 0. The molecule has 1 atom stereocenters.